The molecule has 0 spiro atoms. The third-order valence-corrected chi connectivity index (χ3v) is 2.34. The first kappa shape index (κ1) is 6.62. The molecule has 2 heteroatoms. The van der Waals surface area contributed by atoms with Crippen LogP contribution in [0.5, 0.6) is 0 Å². The van der Waals surface area contributed by atoms with Crippen molar-refractivity contribution >= 4 is 0 Å². The fourth-order valence-electron chi connectivity index (χ4n) is 1.25. The summed E-state index contributed by atoms with van der Waals surface area (Å²) in [6.07, 6.45) is 3.69. The van der Waals surface area contributed by atoms with Crippen LogP contribution in [-0.2, 0) is 9.47 Å². The van der Waals surface area contributed by atoms with Gasteiger partial charge >= 0.3 is 0 Å². The first-order valence-electron chi connectivity index (χ1n) is 4.09. The third kappa shape index (κ3) is 1.70. The van der Waals surface area contributed by atoms with E-state index in [1.807, 2.05) is 0 Å². The maximum absolute atomic E-state index is 5.18. The summed E-state index contributed by atoms with van der Waals surface area (Å²) in [5.74, 6) is 0.754. The van der Waals surface area contributed by atoms with E-state index >= 15 is 0 Å². The van der Waals surface area contributed by atoms with Crippen LogP contribution < -0.4 is 0 Å². The molecule has 0 saturated carbocycles. The number of epoxide rings is 2. The van der Waals surface area contributed by atoms with Crippen LogP contribution in [0.1, 0.15) is 19.8 Å². The van der Waals surface area contributed by atoms with Gasteiger partial charge in [0.05, 0.1) is 25.4 Å². The Bertz CT molecular complexity index is 116. The summed E-state index contributed by atoms with van der Waals surface area (Å²) in [7, 11) is 0. The van der Waals surface area contributed by atoms with E-state index in [-0.39, 0.29) is 0 Å². The normalized spacial score (nSPS) is 39.3. The van der Waals surface area contributed by atoms with Gasteiger partial charge in [0.1, 0.15) is 0 Å². The fraction of sp³-hybridized carbons (Fsp3) is 1.00. The van der Waals surface area contributed by atoms with Crippen molar-refractivity contribution in [1.82, 2.24) is 0 Å². The number of rotatable bonds is 4. The minimum absolute atomic E-state index is 0.582. The Kier molecular flexibility index (Phi) is 1.66. The van der Waals surface area contributed by atoms with Gasteiger partial charge in [0.25, 0.3) is 0 Å². The van der Waals surface area contributed by atoms with Crippen molar-refractivity contribution in [1.29, 1.82) is 0 Å². The molecular weight excluding hydrogens is 128 g/mol. The van der Waals surface area contributed by atoms with Crippen LogP contribution in [0.2, 0.25) is 0 Å². The van der Waals surface area contributed by atoms with Crippen molar-refractivity contribution in [3.8, 4) is 0 Å². The molecule has 0 radical (unpaired) electrons. The number of hydrogen-bond donors (Lipinski definition) is 0. The SMILES string of the molecule is CC(CCC1CO1)C1CO1. The van der Waals surface area contributed by atoms with Gasteiger partial charge in [0.15, 0.2) is 0 Å². The summed E-state index contributed by atoms with van der Waals surface area (Å²) in [6.45, 7) is 4.25. The highest BCUT2D eigenvalue weighted by atomic mass is 16.6. The lowest BCUT2D eigenvalue weighted by molar-refractivity contribution is 0.311. The highest BCUT2D eigenvalue weighted by molar-refractivity contribution is 4.78. The van der Waals surface area contributed by atoms with Gasteiger partial charge in [-0.05, 0) is 18.8 Å². The Balaban J connectivity index is 1.58. The maximum atomic E-state index is 5.18. The van der Waals surface area contributed by atoms with Crippen molar-refractivity contribution < 1.29 is 9.47 Å². The van der Waals surface area contributed by atoms with Crippen molar-refractivity contribution in [2.75, 3.05) is 13.2 Å². The summed E-state index contributed by atoms with van der Waals surface area (Å²) in [6, 6.07) is 0. The molecule has 0 amide bonds. The van der Waals surface area contributed by atoms with E-state index in [0.717, 1.165) is 19.1 Å². The highest BCUT2D eigenvalue weighted by Gasteiger charge is 2.31. The Labute approximate surface area is 61.5 Å². The topological polar surface area (TPSA) is 25.1 Å². The minimum atomic E-state index is 0.582. The van der Waals surface area contributed by atoms with E-state index in [2.05, 4.69) is 6.92 Å². The van der Waals surface area contributed by atoms with Gasteiger partial charge in [-0.3, -0.25) is 0 Å². The second kappa shape index (κ2) is 2.51. The Hall–Kier alpha value is -0.0800. The van der Waals surface area contributed by atoms with Crippen LogP contribution in [0, 0.1) is 5.92 Å². The second-order valence-corrected chi connectivity index (χ2v) is 3.38. The number of hydrogen-bond acceptors (Lipinski definition) is 2. The van der Waals surface area contributed by atoms with Gasteiger partial charge in [-0.1, -0.05) is 6.92 Å². The molecule has 58 valence electrons. The van der Waals surface area contributed by atoms with E-state index in [0.29, 0.717) is 12.2 Å². The van der Waals surface area contributed by atoms with Crippen LogP contribution in [0.3, 0.4) is 0 Å². The minimum Gasteiger partial charge on any atom is -0.373 e. The lowest BCUT2D eigenvalue weighted by atomic mass is 10.0. The average Bonchev–Trinajstić information content (AvgIpc) is 2.76. The highest BCUT2D eigenvalue weighted by Crippen LogP contribution is 2.26. The molecule has 0 N–H and O–H groups in total. The van der Waals surface area contributed by atoms with Gasteiger partial charge in [0, 0.05) is 0 Å². The summed E-state index contributed by atoms with van der Waals surface area (Å²) in [5, 5.41) is 0. The van der Waals surface area contributed by atoms with Crippen molar-refractivity contribution in [2.45, 2.75) is 32.0 Å². The van der Waals surface area contributed by atoms with Crippen LogP contribution in [0.15, 0.2) is 0 Å². The van der Waals surface area contributed by atoms with E-state index in [4.69, 9.17) is 9.47 Å². The van der Waals surface area contributed by atoms with Gasteiger partial charge in [-0.15, -0.1) is 0 Å². The first-order valence-corrected chi connectivity index (χ1v) is 4.09. The molecule has 2 heterocycles. The van der Waals surface area contributed by atoms with E-state index in [1.165, 1.54) is 12.8 Å². The average molecular weight is 142 g/mol. The zero-order chi connectivity index (χ0) is 6.97. The molecule has 2 aliphatic rings. The Morgan fingerprint density at radius 1 is 1.40 bits per heavy atom. The Morgan fingerprint density at radius 2 is 2.10 bits per heavy atom. The van der Waals surface area contributed by atoms with Crippen LogP contribution in [0.25, 0.3) is 0 Å². The van der Waals surface area contributed by atoms with Crippen molar-refractivity contribution in [2.24, 2.45) is 5.92 Å². The van der Waals surface area contributed by atoms with Crippen LogP contribution in [0.4, 0.5) is 0 Å². The van der Waals surface area contributed by atoms with Gasteiger partial charge < -0.3 is 9.47 Å². The zero-order valence-corrected chi connectivity index (χ0v) is 6.38. The molecule has 0 aromatic heterocycles. The summed E-state index contributed by atoms with van der Waals surface area (Å²) in [4.78, 5) is 0. The summed E-state index contributed by atoms with van der Waals surface area (Å²) >= 11 is 0. The predicted octanol–water partition coefficient (Wildman–Crippen LogP) is 1.20. The van der Waals surface area contributed by atoms with E-state index in [9.17, 15) is 0 Å². The first-order chi connectivity index (χ1) is 4.86. The molecule has 2 rings (SSSR count). The molecule has 2 saturated heterocycles. The van der Waals surface area contributed by atoms with Gasteiger partial charge in [-0.2, -0.15) is 0 Å². The molecular formula is C8H14O2. The quantitative estimate of drug-likeness (QED) is 0.551. The van der Waals surface area contributed by atoms with Crippen molar-refractivity contribution in [3.05, 3.63) is 0 Å². The lowest BCUT2D eigenvalue weighted by Gasteiger charge is -2.04. The van der Waals surface area contributed by atoms with Gasteiger partial charge in [-0.25, -0.2) is 0 Å². The maximum Gasteiger partial charge on any atom is 0.0835 e. The van der Waals surface area contributed by atoms with Crippen molar-refractivity contribution in [3.63, 3.8) is 0 Å². The molecule has 0 aromatic carbocycles. The molecule has 2 nitrogen and oxygen atoms in total. The molecule has 0 bridgehead atoms. The molecule has 2 aliphatic heterocycles. The van der Waals surface area contributed by atoms with Crippen LogP contribution in [-0.4, -0.2) is 25.4 Å². The van der Waals surface area contributed by atoms with Crippen LogP contribution >= 0.6 is 0 Å². The molecule has 0 aliphatic carbocycles. The smallest absolute Gasteiger partial charge is 0.0835 e. The predicted molar refractivity (Wildman–Crippen MR) is 37.9 cm³/mol. The largest absolute Gasteiger partial charge is 0.373 e. The third-order valence-electron chi connectivity index (χ3n) is 2.34. The Morgan fingerprint density at radius 3 is 2.60 bits per heavy atom. The fourth-order valence-corrected chi connectivity index (χ4v) is 1.25. The standard InChI is InChI=1S/C8H14O2/c1-6(8-5-10-8)2-3-7-4-9-7/h6-8H,2-5H2,1H3. The van der Waals surface area contributed by atoms with Gasteiger partial charge in [0.2, 0.25) is 0 Å². The second-order valence-electron chi connectivity index (χ2n) is 3.38. The molecule has 10 heavy (non-hydrogen) atoms. The molecule has 3 unspecified atom stereocenters. The molecule has 3 atom stereocenters. The van der Waals surface area contributed by atoms with E-state index in [1.54, 1.807) is 0 Å². The van der Waals surface area contributed by atoms with E-state index < -0.39 is 0 Å². The monoisotopic (exact) mass is 142 g/mol. The molecule has 0 aromatic rings. The number of ether oxygens (including phenoxy) is 2. The molecule has 2 fully saturated rings. The summed E-state index contributed by atoms with van der Waals surface area (Å²) in [5.41, 5.74) is 0. The lowest BCUT2D eigenvalue weighted by Crippen LogP contribution is -2.04. The zero-order valence-electron chi connectivity index (χ0n) is 6.38. The summed E-state index contributed by atoms with van der Waals surface area (Å²) < 4.78 is 10.3.